The summed E-state index contributed by atoms with van der Waals surface area (Å²) in [7, 11) is 1.67. The maximum absolute atomic E-state index is 5.72. The lowest BCUT2D eigenvalue weighted by Crippen LogP contribution is -2.18. The summed E-state index contributed by atoms with van der Waals surface area (Å²) >= 11 is 3.49. The first-order chi connectivity index (χ1) is 7.67. The van der Waals surface area contributed by atoms with Gasteiger partial charge in [0.25, 0.3) is 0 Å². The van der Waals surface area contributed by atoms with Gasteiger partial charge in [-0.2, -0.15) is 0 Å². The Bertz CT molecular complexity index is 331. The van der Waals surface area contributed by atoms with Gasteiger partial charge in [-0.05, 0) is 53.5 Å². The second-order valence-corrected chi connectivity index (χ2v) is 4.54. The molecule has 90 valence electrons. The maximum atomic E-state index is 5.72. The molecular weight excluding hydrogens is 270 g/mol. The normalized spacial score (nSPS) is 12.5. The molecule has 1 atom stereocenters. The summed E-state index contributed by atoms with van der Waals surface area (Å²) in [5.74, 6) is 0.838. The summed E-state index contributed by atoms with van der Waals surface area (Å²) in [4.78, 5) is 0. The standard InChI is InChI=1S/C12H18BrNO2/c1-9(8-15-2)16-12-4-3-10(5-6-14)7-11(12)13/h3-4,7,9H,5-6,8,14H2,1-2H3. The van der Waals surface area contributed by atoms with Crippen LogP contribution in [0.4, 0.5) is 0 Å². The van der Waals surface area contributed by atoms with Crippen LogP contribution in [0.1, 0.15) is 12.5 Å². The average molecular weight is 288 g/mol. The molecule has 0 spiro atoms. The van der Waals surface area contributed by atoms with Crippen LogP contribution in [0, 0.1) is 0 Å². The Morgan fingerprint density at radius 3 is 2.75 bits per heavy atom. The van der Waals surface area contributed by atoms with Gasteiger partial charge in [0.2, 0.25) is 0 Å². The van der Waals surface area contributed by atoms with Crippen LogP contribution in [-0.2, 0) is 11.2 Å². The first kappa shape index (κ1) is 13.5. The van der Waals surface area contributed by atoms with Crippen molar-refractivity contribution < 1.29 is 9.47 Å². The highest BCUT2D eigenvalue weighted by Gasteiger charge is 2.07. The van der Waals surface area contributed by atoms with E-state index in [-0.39, 0.29) is 6.10 Å². The van der Waals surface area contributed by atoms with Crippen molar-refractivity contribution in [2.75, 3.05) is 20.3 Å². The highest BCUT2D eigenvalue weighted by Crippen LogP contribution is 2.27. The Labute approximate surface area is 105 Å². The molecule has 0 aromatic heterocycles. The summed E-state index contributed by atoms with van der Waals surface area (Å²) in [6.45, 7) is 3.22. The zero-order valence-electron chi connectivity index (χ0n) is 9.70. The van der Waals surface area contributed by atoms with Gasteiger partial charge in [0.1, 0.15) is 11.9 Å². The van der Waals surface area contributed by atoms with Crippen LogP contribution in [0.5, 0.6) is 5.75 Å². The smallest absolute Gasteiger partial charge is 0.134 e. The molecule has 0 aliphatic heterocycles. The highest BCUT2D eigenvalue weighted by molar-refractivity contribution is 9.10. The van der Waals surface area contributed by atoms with Crippen molar-refractivity contribution in [3.63, 3.8) is 0 Å². The average Bonchev–Trinajstić information content (AvgIpc) is 2.23. The predicted molar refractivity (Wildman–Crippen MR) is 68.9 cm³/mol. The summed E-state index contributed by atoms with van der Waals surface area (Å²) in [5.41, 5.74) is 6.72. The number of hydrogen-bond acceptors (Lipinski definition) is 3. The SMILES string of the molecule is COCC(C)Oc1ccc(CCN)cc1Br. The number of hydrogen-bond donors (Lipinski definition) is 1. The number of nitrogens with two attached hydrogens (primary N) is 1. The van der Waals surface area contributed by atoms with E-state index in [1.165, 1.54) is 5.56 Å². The molecule has 3 nitrogen and oxygen atoms in total. The Balaban J connectivity index is 2.67. The monoisotopic (exact) mass is 287 g/mol. The molecular formula is C12H18BrNO2. The second kappa shape index (κ2) is 6.89. The Hall–Kier alpha value is -0.580. The Kier molecular flexibility index (Phi) is 5.80. The van der Waals surface area contributed by atoms with Gasteiger partial charge in [0.05, 0.1) is 11.1 Å². The lowest BCUT2D eigenvalue weighted by atomic mass is 10.1. The molecule has 0 heterocycles. The molecule has 1 aromatic rings. The van der Waals surface area contributed by atoms with Gasteiger partial charge in [-0.25, -0.2) is 0 Å². The Morgan fingerprint density at radius 1 is 1.44 bits per heavy atom. The van der Waals surface area contributed by atoms with Crippen LogP contribution in [0.15, 0.2) is 22.7 Å². The van der Waals surface area contributed by atoms with Crippen LogP contribution >= 0.6 is 15.9 Å². The number of halogens is 1. The lowest BCUT2D eigenvalue weighted by Gasteiger charge is -2.15. The molecule has 0 fully saturated rings. The zero-order chi connectivity index (χ0) is 12.0. The molecule has 1 unspecified atom stereocenters. The third kappa shape index (κ3) is 4.12. The van der Waals surface area contributed by atoms with Crippen molar-refractivity contribution in [1.82, 2.24) is 0 Å². The molecule has 0 aliphatic carbocycles. The third-order valence-corrected chi connectivity index (χ3v) is 2.78. The molecule has 2 N–H and O–H groups in total. The zero-order valence-corrected chi connectivity index (χ0v) is 11.3. The van der Waals surface area contributed by atoms with E-state index in [0.717, 1.165) is 16.6 Å². The van der Waals surface area contributed by atoms with Gasteiger partial charge < -0.3 is 15.2 Å². The fraction of sp³-hybridized carbons (Fsp3) is 0.500. The van der Waals surface area contributed by atoms with Crippen LogP contribution in [-0.4, -0.2) is 26.4 Å². The quantitative estimate of drug-likeness (QED) is 0.874. The summed E-state index contributed by atoms with van der Waals surface area (Å²) in [6.07, 6.45) is 0.925. The van der Waals surface area contributed by atoms with E-state index in [1.807, 2.05) is 25.1 Å². The van der Waals surface area contributed by atoms with Gasteiger partial charge in [-0.1, -0.05) is 6.07 Å². The number of ether oxygens (including phenoxy) is 2. The van der Waals surface area contributed by atoms with Crippen molar-refractivity contribution in [3.8, 4) is 5.75 Å². The minimum absolute atomic E-state index is 0.0432. The fourth-order valence-corrected chi connectivity index (χ4v) is 1.97. The van der Waals surface area contributed by atoms with E-state index < -0.39 is 0 Å². The summed E-state index contributed by atoms with van der Waals surface area (Å²) < 4.78 is 11.7. The predicted octanol–water partition coefficient (Wildman–Crippen LogP) is 2.36. The number of rotatable bonds is 6. The van der Waals surface area contributed by atoms with Crippen molar-refractivity contribution in [2.45, 2.75) is 19.4 Å². The van der Waals surface area contributed by atoms with Crippen LogP contribution in [0.3, 0.4) is 0 Å². The first-order valence-corrected chi connectivity index (χ1v) is 6.10. The lowest BCUT2D eigenvalue weighted by molar-refractivity contribution is 0.0916. The molecule has 0 radical (unpaired) electrons. The summed E-state index contributed by atoms with van der Waals surface area (Å²) in [5, 5.41) is 0. The highest BCUT2D eigenvalue weighted by atomic mass is 79.9. The molecule has 0 aliphatic rings. The molecule has 0 saturated carbocycles. The molecule has 1 rings (SSSR count). The molecule has 0 amide bonds. The van der Waals surface area contributed by atoms with Gasteiger partial charge in [-0.3, -0.25) is 0 Å². The van der Waals surface area contributed by atoms with E-state index in [0.29, 0.717) is 13.2 Å². The molecule has 1 aromatic carbocycles. The Morgan fingerprint density at radius 2 is 2.19 bits per heavy atom. The number of methoxy groups -OCH3 is 1. The van der Waals surface area contributed by atoms with Gasteiger partial charge in [0.15, 0.2) is 0 Å². The third-order valence-electron chi connectivity index (χ3n) is 2.16. The maximum Gasteiger partial charge on any atom is 0.134 e. The minimum Gasteiger partial charge on any atom is -0.487 e. The van der Waals surface area contributed by atoms with Gasteiger partial charge >= 0.3 is 0 Å². The first-order valence-electron chi connectivity index (χ1n) is 5.31. The van der Waals surface area contributed by atoms with E-state index in [2.05, 4.69) is 15.9 Å². The molecule has 0 bridgehead atoms. The largest absolute Gasteiger partial charge is 0.487 e. The fourth-order valence-electron chi connectivity index (χ4n) is 1.45. The molecule has 16 heavy (non-hydrogen) atoms. The van der Waals surface area contributed by atoms with E-state index in [9.17, 15) is 0 Å². The van der Waals surface area contributed by atoms with Crippen LogP contribution < -0.4 is 10.5 Å². The van der Waals surface area contributed by atoms with Crippen LogP contribution in [0.25, 0.3) is 0 Å². The second-order valence-electron chi connectivity index (χ2n) is 3.69. The molecule has 0 saturated heterocycles. The van der Waals surface area contributed by atoms with E-state index in [1.54, 1.807) is 7.11 Å². The number of benzene rings is 1. The van der Waals surface area contributed by atoms with Crippen LogP contribution in [0.2, 0.25) is 0 Å². The van der Waals surface area contributed by atoms with E-state index >= 15 is 0 Å². The molecule has 4 heteroatoms. The van der Waals surface area contributed by atoms with Crippen molar-refractivity contribution >= 4 is 15.9 Å². The minimum atomic E-state index is 0.0432. The van der Waals surface area contributed by atoms with Gasteiger partial charge in [0, 0.05) is 7.11 Å². The van der Waals surface area contributed by atoms with E-state index in [4.69, 9.17) is 15.2 Å². The topological polar surface area (TPSA) is 44.5 Å². The van der Waals surface area contributed by atoms with Gasteiger partial charge in [-0.15, -0.1) is 0 Å². The van der Waals surface area contributed by atoms with Crippen molar-refractivity contribution in [2.24, 2.45) is 5.73 Å². The summed E-state index contributed by atoms with van der Waals surface area (Å²) in [6, 6.07) is 6.04. The van der Waals surface area contributed by atoms with Crippen molar-refractivity contribution in [3.05, 3.63) is 28.2 Å². The van der Waals surface area contributed by atoms with Crippen molar-refractivity contribution in [1.29, 1.82) is 0 Å².